The Labute approximate surface area is 178 Å². The Morgan fingerprint density at radius 1 is 1.12 bits per heavy atom. The van der Waals surface area contributed by atoms with Crippen LogP contribution in [0.15, 0.2) is 36.4 Å². The molecule has 3 rings (SSSR count). The van der Waals surface area contributed by atoms with Gasteiger partial charge in [0.1, 0.15) is 11.6 Å². The van der Waals surface area contributed by atoms with Crippen molar-refractivity contribution in [2.45, 2.75) is 36.8 Å². The van der Waals surface area contributed by atoms with Gasteiger partial charge in [-0.1, -0.05) is 30.3 Å². The van der Waals surface area contributed by atoms with Gasteiger partial charge in [-0.2, -0.15) is 26.3 Å². The summed E-state index contributed by atoms with van der Waals surface area (Å²) < 4.78 is 109. The molecule has 2 aromatic rings. The smallest absolute Gasteiger partial charge is 0.425 e. The number of pyridine rings is 1. The quantitative estimate of drug-likeness (QED) is 0.475. The average molecular weight is 482 g/mol. The standard InChI is InChI=1S/C19H16F6N2O4S/c1-10(18(20,21)22)31-16-13(19(23,24)25)8-12-14(26-16)15(11-6-4-3-5-7-11)27(9-28)17(12)32(2,29)30/h3-10,15,17H,1-2H3/t10-,15?,17?/m1/s1. The molecule has 2 unspecified atom stereocenters. The first-order valence-electron chi connectivity index (χ1n) is 8.98. The van der Waals surface area contributed by atoms with Gasteiger partial charge in [0.2, 0.25) is 12.3 Å². The molecule has 0 fully saturated rings. The Kier molecular flexibility index (Phi) is 5.91. The number of carbonyl (C=O) groups excluding carboxylic acids is 1. The largest absolute Gasteiger partial charge is 0.465 e. The molecule has 0 bridgehead atoms. The van der Waals surface area contributed by atoms with E-state index in [1.165, 1.54) is 12.1 Å². The molecule has 0 spiro atoms. The number of carbonyl (C=O) groups is 1. The van der Waals surface area contributed by atoms with Crippen LogP contribution in [0.2, 0.25) is 0 Å². The first-order valence-corrected chi connectivity index (χ1v) is 10.9. The van der Waals surface area contributed by atoms with Crippen LogP contribution in [0, 0.1) is 0 Å². The van der Waals surface area contributed by atoms with E-state index in [-0.39, 0.29) is 12.1 Å². The van der Waals surface area contributed by atoms with E-state index in [4.69, 9.17) is 0 Å². The van der Waals surface area contributed by atoms with Crippen LogP contribution in [-0.4, -0.2) is 43.2 Å². The minimum Gasteiger partial charge on any atom is -0.465 e. The van der Waals surface area contributed by atoms with Gasteiger partial charge in [0.25, 0.3) is 0 Å². The van der Waals surface area contributed by atoms with Gasteiger partial charge in [-0.25, -0.2) is 13.4 Å². The lowest BCUT2D eigenvalue weighted by molar-refractivity contribution is -0.192. The molecule has 0 saturated heterocycles. The summed E-state index contributed by atoms with van der Waals surface area (Å²) in [5.41, 5.74) is -2.17. The first-order chi connectivity index (χ1) is 14.7. The number of hydrogen-bond acceptors (Lipinski definition) is 5. The Hall–Kier alpha value is -2.83. The molecule has 0 saturated carbocycles. The fourth-order valence-electron chi connectivity index (χ4n) is 3.44. The van der Waals surface area contributed by atoms with Gasteiger partial charge in [-0.15, -0.1) is 0 Å². The summed E-state index contributed by atoms with van der Waals surface area (Å²) in [7, 11) is -4.17. The van der Waals surface area contributed by atoms with Crippen molar-refractivity contribution in [3.63, 3.8) is 0 Å². The maximum absolute atomic E-state index is 13.7. The van der Waals surface area contributed by atoms with Crippen LogP contribution in [0.5, 0.6) is 5.88 Å². The summed E-state index contributed by atoms with van der Waals surface area (Å²) in [6, 6.07) is 6.78. The predicted octanol–water partition coefficient (Wildman–Crippen LogP) is 4.03. The number of nitrogens with zero attached hydrogens (tertiary/aromatic N) is 2. The highest BCUT2D eigenvalue weighted by molar-refractivity contribution is 7.90. The number of alkyl halides is 6. The number of amides is 1. The van der Waals surface area contributed by atoms with Crippen molar-refractivity contribution in [3.05, 3.63) is 58.8 Å². The molecular weight excluding hydrogens is 466 g/mol. The van der Waals surface area contributed by atoms with Crippen molar-refractivity contribution in [1.29, 1.82) is 0 Å². The summed E-state index contributed by atoms with van der Waals surface area (Å²) in [4.78, 5) is 16.3. The number of ether oxygens (including phenoxy) is 1. The number of halogens is 6. The molecule has 0 radical (unpaired) electrons. The Morgan fingerprint density at radius 2 is 1.72 bits per heavy atom. The van der Waals surface area contributed by atoms with Crippen LogP contribution in [0.25, 0.3) is 0 Å². The number of hydrogen-bond donors (Lipinski definition) is 0. The molecule has 1 amide bonds. The second kappa shape index (κ2) is 7.94. The van der Waals surface area contributed by atoms with Gasteiger partial charge in [-0.05, 0) is 18.6 Å². The van der Waals surface area contributed by atoms with Crippen molar-refractivity contribution in [1.82, 2.24) is 9.88 Å². The third-order valence-corrected chi connectivity index (χ3v) is 6.15. The molecule has 3 atom stereocenters. The second-order valence-corrected chi connectivity index (χ2v) is 9.27. The second-order valence-electron chi connectivity index (χ2n) is 7.16. The average Bonchev–Trinajstić information content (AvgIpc) is 3.00. The number of rotatable bonds is 5. The van der Waals surface area contributed by atoms with Gasteiger partial charge in [0, 0.05) is 11.8 Å². The van der Waals surface area contributed by atoms with Crippen molar-refractivity contribution in [2.75, 3.05) is 6.26 Å². The zero-order valence-electron chi connectivity index (χ0n) is 16.5. The molecule has 13 heteroatoms. The molecule has 1 aromatic heterocycles. The Balaban J connectivity index is 2.32. The molecule has 2 heterocycles. The Morgan fingerprint density at radius 3 is 2.19 bits per heavy atom. The first kappa shape index (κ1) is 23.8. The van der Waals surface area contributed by atoms with Crippen LogP contribution in [-0.2, 0) is 20.8 Å². The highest BCUT2D eigenvalue weighted by atomic mass is 32.2. The van der Waals surface area contributed by atoms with E-state index in [9.17, 15) is 39.6 Å². The predicted molar refractivity (Wildman–Crippen MR) is 99.2 cm³/mol. The van der Waals surface area contributed by atoms with Gasteiger partial charge < -0.3 is 9.64 Å². The molecule has 0 aliphatic carbocycles. The van der Waals surface area contributed by atoms with E-state index in [2.05, 4.69) is 9.72 Å². The SMILES string of the molecule is C[C@@H](Oc1nc2c(cc1C(F)(F)F)C(S(C)(=O)=O)N(C=O)C2c1ccccc1)C(F)(F)F. The van der Waals surface area contributed by atoms with Crippen LogP contribution in [0.1, 0.15) is 40.7 Å². The molecule has 32 heavy (non-hydrogen) atoms. The normalized spacial score (nSPS) is 20.1. The zero-order chi connectivity index (χ0) is 24.1. The molecule has 1 aliphatic rings. The van der Waals surface area contributed by atoms with Crippen LogP contribution >= 0.6 is 0 Å². The highest BCUT2D eigenvalue weighted by Crippen LogP contribution is 2.49. The van der Waals surface area contributed by atoms with Crippen molar-refractivity contribution in [2.24, 2.45) is 0 Å². The van der Waals surface area contributed by atoms with E-state index in [1.54, 1.807) is 18.2 Å². The topological polar surface area (TPSA) is 76.6 Å². The fraction of sp³-hybridized carbons (Fsp3) is 0.368. The van der Waals surface area contributed by atoms with Gasteiger partial charge in [0.05, 0.1) is 5.69 Å². The van der Waals surface area contributed by atoms with E-state index in [0.29, 0.717) is 18.6 Å². The van der Waals surface area contributed by atoms with E-state index >= 15 is 0 Å². The minimum absolute atomic E-state index is 0.150. The van der Waals surface area contributed by atoms with Crippen molar-refractivity contribution in [3.8, 4) is 5.88 Å². The van der Waals surface area contributed by atoms with Gasteiger partial charge >= 0.3 is 12.4 Å². The van der Waals surface area contributed by atoms with E-state index in [1.807, 2.05) is 0 Å². The maximum Gasteiger partial charge on any atom is 0.425 e. The third-order valence-electron chi connectivity index (χ3n) is 4.84. The van der Waals surface area contributed by atoms with Gasteiger partial charge in [0.15, 0.2) is 21.3 Å². The molecule has 174 valence electrons. The van der Waals surface area contributed by atoms with Crippen molar-refractivity contribution >= 4 is 16.2 Å². The van der Waals surface area contributed by atoms with E-state index in [0.717, 1.165) is 11.2 Å². The Bertz CT molecular complexity index is 1120. The highest BCUT2D eigenvalue weighted by Gasteiger charge is 2.49. The summed E-state index contributed by atoms with van der Waals surface area (Å²) in [6.45, 7) is 0.515. The van der Waals surface area contributed by atoms with E-state index < -0.39 is 56.7 Å². The number of fused-ring (bicyclic) bond motifs is 1. The summed E-state index contributed by atoms with van der Waals surface area (Å²) in [6.07, 6.45) is -11.9. The van der Waals surface area contributed by atoms with Crippen LogP contribution in [0.4, 0.5) is 26.3 Å². The lowest BCUT2D eigenvalue weighted by Gasteiger charge is -2.25. The maximum atomic E-state index is 13.7. The molecular formula is C19H16F6N2O4S. The molecule has 1 aliphatic heterocycles. The number of benzene rings is 1. The zero-order valence-corrected chi connectivity index (χ0v) is 17.3. The van der Waals surface area contributed by atoms with Crippen LogP contribution in [0.3, 0.4) is 0 Å². The summed E-state index contributed by atoms with van der Waals surface area (Å²) in [5, 5.41) is -1.82. The van der Waals surface area contributed by atoms with Gasteiger partial charge in [-0.3, -0.25) is 4.79 Å². The summed E-state index contributed by atoms with van der Waals surface area (Å²) >= 11 is 0. The molecule has 1 aromatic carbocycles. The van der Waals surface area contributed by atoms with Crippen molar-refractivity contribution < 1.29 is 44.3 Å². The van der Waals surface area contributed by atoms with Crippen LogP contribution < -0.4 is 4.74 Å². The monoisotopic (exact) mass is 482 g/mol. The number of aromatic nitrogens is 1. The molecule has 6 nitrogen and oxygen atoms in total. The third kappa shape index (κ3) is 4.38. The lowest BCUT2D eigenvalue weighted by atomic mass is 10.0. The molecule has 0 N–H and O–H groups in total. The fourth-order valence-corrected chi connectivity index (χ4v) is 4.70. The number of sulfone groups is 1. The minimum atomic E-state index is -5.21. The lowest BCUT2D eigenvalue weighted by Crippen LogP contribution is -2.32. The summed E-state index contributed by atoms with van der Waals surface area (Å²) in [5.74, 6) is -1.36.